The molecule has 1 fully saturated rings. The van der Waals surface area contributed by atoms with E-state index >= 15 is 0 Å². The Kier molecular flexibility index (Phi) is 6.53. The Bertz CT molecular complexity index is 605. The second-order valence-corrected chi connectivity index (χ2v) is 6.53. The Morgan fingerprint density at radius 1 is 1.36 bits per heavy atom. The fraction of sp³-hybridized carbons (Fsp3) is 0.375. The minimum absolute atomic E-state index is 0. The van der Waals surface area contributed by atoms with Gasteiger partial charge in [-0.3, -0.25) is 4.90 Å². The molecule has 6 heteroatoms. The van der Waals surface area contributed by atoms with Crippen molar-refractivity contribution in [3.05, 3.63) is 51.2 Å². The molecule has 0 amide bonds. The van der Waals surface area contributed by atoms with Crippen molar-refractivity contribution in [3.63, 3.8) is 0 Å². The standard InChI is InChI=1S/C16H19ClN2OS.ClH/c1-20-15-6-9-21-16(15)11-19-8-7-18-10-14(19)12-4-2-3-5-13(12)17;/h2-6,9,14,18H,7-8,10-11H2,1H3;1H. The summed E-state index contributed by atoms with van der Waals surface area (Å²) >= 11 is 8.14. The molecule has 2 aromatic rings. The first-order valence-corrected chi connectivity index (χ1v) is 8.35. The van der Waals surface area contributed by atoms with Crippen LogP contribution in [0.5, 0.6) is 5.75 Å². The number of halogens is 2. The van der Waals surface area contributed by atoms with Gasteiger partial charge >= 0.3 is 0 Å². The molecule has 1 unspecified atom stereocenters. The van der Waals surface area contributed by atoms with Crippen molar-refractivity contribution in [1.29, 1.82) is 0 Å². The average Bonchev–Trinajstić information content (AvgIpc) is 2.96. The lowest BCUT2D eigenvalue weighted by molar-refractivity contribution is 0.154. The largest absolute Gasteiger partial charge is 0.496 e. The van der Waals surface area contributed by atoms with Crippen LogP contribution in [0.25, 0.3) is 0 Å². The third-order valence-electron chi connectivity index (χ3n) is 3.89. The molecular weight excluding hydrogens is 339 g/mol. The predicted octanol–water partition coefficient (Wildman–Crippen LogP) is 3.98. The summed E-state index contributed by atoms with van der Waals surface area (Å²) < 4.78 is 5.43. The predicted molar refractivity (Wildman–Crippen MR) is 95.6 cm³/mol. The zero-order chi connectivity index (χ0) is 14.7. The van der Waals surface area contributed by atoms with E-state index in [2.05, 4.69) is 27.7 Å². The van der Waals surface area contributed by atoms with Crippen LogP contribution in [-0.4, -0.2) is 31.6 Å². The number of thiophene rings is 1. The summed E-state index contributed by atoms with van der Waals surface area (Å²) in [5, 5.41) is 6.40. The molecular formula is C16H20Cl2N2OS. The molecule has 1 aliphatic heterocycles. The third kappa shape index (κ3) is 3.76. The smallest absolute Gasteiger partial charge is 0.134 e. The van der Waals surface area contributed by atoms with Gasteiger partial charge in [-0.25, -0.2) is 0 Å². The van der Waals surface area contributed by atoms with Crippen molar-refractivity contribution in [2.45, 2.75) is 12.6 Å². The van der Waals surface area contributed by atoms with Crippen molar-refractivity contribution in [3.8, 4) is 5.75 Å². The molecule has 1 aliphatic rings. The van der Waals surface area contributed by atoms with E-state index in [9.17, 15) is 0 Å². The van der Waals surface area contributed by atoms with Crippen molar-refractivity contribution in [2.24, 2.45) is 0 Å². The van der Waals surface area contributed by atoms with E-state index in [1.807, 2.05) is 18.2 Å². The zero-order valence-electron chi connectivity index (χ0n) is 12.4. The van der Waals surface area contributed by atoms with Gasteiger partial charge < -0.3 is 10.1 Å². The van der Waals surface area contributed by atoms with Gasteiger partial charge in [0.2, 0.25) is 0 Å². The van der Waals surface area contributed by atoms with Gasteiger partial charge in [-0.15, -0.1) is 23.7 Å². The summed E-state index contributed by atoms with van der Waals surface area (Å²) in [4.78, 5) is 3.75. The Morgan fingerprint density at radius 2 is 2.18 bits per heavy atom. The van der Waals surface area contributed by atoms with Crippen LogP contribution < -0.4 is 10.1 Å². The van der Waals surface area contributed by atoms with Gasteiger partial charge in [0.25, 0.3) is 0 Å². The molecule has 0 radical (unpaired) electrons. The lowest BCUT2D eigenvalue weighted by Crippen LogP contribution is -2.45. The number of nitrogens with one attached hydrogen (secondary N) is 1. The second-order valence-electron chi connectivity index (χ2n) is 5.12. The number of hydrogen-bond donors (Lipinski definition) is 1. The number of hydrogen-bond acceptors (Lipinski definition) is 4. The first kappa shape index (κ1) is 17.6. The Labute approximate surface area is 146 Å². The number of benzene rings is 1. The van der Waals surface area contributed by atoms with Crippen LogP contribution in [0.1, 0.15) is 16.5 Å². The van der Waals surface area contributed by atoms with Crippen LogP contribution in [-0.2, 0) is 6.54 Å². The Balaban J connectivity index is 0.00000176. The highest BCUT2D eigenvalue weighted by Crippen LogP contribution is 2.32. The molecule has 1 atom stereocenters. The monoisotopic (exact) mass is 358 g/mol. The SMILES string of the molecule is COc1ccsc1CN1CCNCC1c1ccccc1Cl.Cl. The molecule has 1 aromatic heterocycles. The Morgan fingerprint density at radius 3 is 2.95 bits per heavy atom. The van der Waals surface area contributed by atoms with Crippen LogP contribution in [0.3, 0.4) is 0 Å². The number of nitrogens with zero attached hydrogens (tertiary/aromatic N) is 1. The fourth-order valence-corrected chi connectivity index (χ4v) is 3.92. The van der Waals surface area contributed by atoms with E-state index < -0.39 is 0 Å². The third-order valence-corrected chi connectivity index (χ3v) is 5.12. The second kappa shape index (κ2) is 8.18. The maximum absolute atomic E-state index is 6.39. The molecule has 22 heavy (non-hydrogen) atoms. The number of rotatable bonds is 4. The summed E-state index contributed by atoms with van der Waals surface area (Å²) in [6.45, 7) is 3.85. The van der Waals surface area contributed by atoms with Crippen LogP contribution in [0.2, 0.25) is 5.02 Å². The quantitative estimate of drug-likeness (QED) is 0.894. The topological polar surface area (TPSA) is 24.5 Å². The van der Waals surface area contributed by atoms with E-state index in [0.717, 1.165) is 37.0 Å². The van der Waals surface area contributed by atoms with Gasteiger partial charge in [-0.1, -0.05) is 29.8 Å². The van der Waals surface area contributed by atoms with Crippen LogP contribution in [0.4, 0.5) is 0 Å². The minimum atomic E-state index is 0. The summed E-state index contributed by atoms with van der Waals surface area (Å²) in [6.07, 6.45) is 0. The molecule has 0 bridgehead atoms. The molecule has 1 N–H and O–H groups in total. The van der Waals surface area contributed by atoms with Gasteiger partial charge in [-0.2, -0.15) is 0 Å². The van der Waals surface area contributed by atoms with Crippen molar-refractivity contribution >= 4 is 35.3 Å². The van der Waals surface area contributed by atoms with Crippen LogP contribution in [0, 0.1) is 0 Å². The van der Waals surface area contributed by atoms with Gasteiger partial charge in [0.05, 0.1) is 12.0 Å². The van der Waals surface area contributed by atoms with Gasteiger partial charge in [-0.05, 0) is 23.1 Å². The highest BCUT2D eigenvalue weighted by atomic mass is 35.5. The van der Waals surface area contributed by atoms with E-state index in [0.29, 0.717) is 6.04 Å². The van der Waals surface area contributed by atoms with Crippen LogP contribution in [0.15, 0.2) is 35.7 Å². The van der Waals surface area contributed by atoms with E-state index in [1.165, 1.54) is 10.4 Å². The maximum atomic E-state index is 6.39. The summed E-state index contributed by atoms with van der Waals surface area (Å²) in [6, 6.07) is 10.5. The van der Waals surface area contributed by atoms with Gasteiger partial charge in [0, 0.05) is 37.2 Å². The summed E-state index contributed by atoms with van der Waals surface area (Å²) in [5.74, 6) is 0.983. The number of ether oxygens (including phenoxy) is 1. The first-order chi connectivity index (χ1) is 10.3. The van der Waals surface area contributed by atoms with Crippen molar-refractivity contribution in [2.75, 3.05) is 26.7 Å². The molecule has 0 spiro atoms. The normalized spacial score (nSPS) is 18.7. The van der Waals surface area contributed by atoms with E-state index in [1.54, 1.807) is 18.4 Å². The zero-order valence-corrected chi connectivity index (χ0v) is 14.8. The van der Waals surface area contributed by atoms with Crippen LogP contribution >= 0.6 is 35.3 Å². The molecule has 3 rings (SSSR count). The first-order valence-electron chi connectivity index (χ1n) is 7.09. The van der Waals surface area contributed by atoms with E-state index in [-0.39, 0.29) is 12.4 Å². The number of methoxy groups -OCH3 is 1. The van der Waals surface area contributed by atoms with Crippen molar-refractivity contribution < 1.29 is 4.74 Å². The molecule has 0 aliphatic carbocycles. The molecule has 1 saturated heterocycles. The summed E-state index contributed by atoms with van der Waals surface area (Å²) in [7, 11) is 1.73. The lowest BCUT2D eigenvalue weighted by Gasteiger charge is -2.36. The van der Waals surface area contributed by atoms with E-state index in [4.69, 9.17) is 16.3 Å². The molecule has 2 heterocycles. The van der Waals surface area contributed by atoms with Crippen molar-refractivity contribution in [1.82, 2.24) is 10.2 Å². The number of piperazine rings is 1. The highest BCUT2D eigenvalue weighted by Gasteiger charge is 2.26. The molecule has 120 valence electrons. The lowest BCUT2D eigenvalue weighted by atomic mass is 10.0. The van der Waals surface area contributed by atoms with Gasteiger partial charge in [0.15, 0.2) is 0 Å². The summed E-state index contributed by atoms with van der Waals surface area (Å²) in [5.41, 5.74) is 1.20. The maximum Gasteiger partial charge on any atom is 0.134 e. The fourth-order valence-electron chi connectivity index (χ4n) is 2.80. The molecule has 3 nitrogen and oxygen atoms in total. The highest BCUT2D eigenvalue weighted by molar-refractivity contribution is 7.10. The molecule has 1 aromatic carbocycles. The Hall–Kier alpha value is -0.780. The molecule has 0 saturated carbocycles. The minimum Gasteiger partial charge on any atom is -0.496 e. The average molecular weight is 359 g/mol. The van der Waals surface area contributed by atoms with Gasteiger partial charge in [0.1, 0.15) is 5.75 Å².